The number of anilines is 2. The molecule has 1 saturated heterocycles. The van der Waals surface area contributed by atoms with Crippen molar-refractivity contribution in [3.63, 3.8) is 0 Å². The maximum atomic E-state index is 12.6. The van der Waals surface area contributed by atoms with E-state index < -0.39 is 0 Å². The highest BCUT2D eigenvalue weighted by atomic mass is 16.5. The third-order valence-corrected chi connectivity index (χ3v) is 6.23. The third-order valence-electron chi connectivity index (χ3n) is 6.23. The van der Waals surface area contributed by atoms with Gasteiger partial charge < -0.3 is 24.4 Å². The minimum Gasteiger partial charge on any atom is -0.496 e. The fourth-order valence-corrected chi connectivity index (χ4v) is 4.45. The number of nitrogens with one attached hydrogen (secondary N) is 1. The Labute approximate surface area is 200 Å². The van der Waals surface area contributed by atoms with E-state index in [4.69, 9.17) is 14.2 Å². The molecule has 2 aliphatic rings. The largest absolute Gasteiger partial charge is 0.496 e. The SMILES string of the molecule is COc1cc(OC)c(C2=CCN(CC(=O)Nc3ccc(N4CCCC4=O)cc3)CC2)c(OC)c1. The van der Waals surface area contributed by atoms with Crippen LogP contribution in [-0.2, 0) is 9.59 Å². The van der Waals surface area contributed by atoms with Gasteiger partial charge in [-0.2, -0.15) is 0 Å². The second-order valence-corrected chi connectivity index (χ2v) is 8.37. The van der Waals surface area contributed by atoms with Gasteiger partial charge in [0.25, 0.3) is 0 Å². The highest BCUT2D eigenvalue weighted by Gasteiger charge is 2.23. The fourth-order valence-electron chi connectivity index (χ4n) is 4.45. The predicted molar refractivity (Wildman–Crippen MR) is 132 cm³/mol. The lowest BCUT2D eigenvalue weighted by atomic mass is 9.97. The number of carbonyl (C=O) groups is 2. The molecule has 8 nitrogen and oxygen atoms in total. The van der Waals surface area contributed by atoms with Crippen LogP contribution in [0.3, 0.4) is 0 Å². The molecule has 0 aliphatic carbocycles. The molecule has 0 atom stereocenters. The number of nitrogens with zero attached hydrogens (tertiary/aromatic N) is 2. The van der Waals surface area contributed by atoms with E-state index in [-0.39, 0.29) is 11.8 Å². The second kappa shape index (κ2) is 10.6. The number of ether oxygens (including phenoxy) is 3. The van der Waals surface area contributed by atoms with Gasteiger partial charge in [0, 0.05) is 49.6 Å². The number of benzene rings is 2. The number of carbonyl (C=O) groups excluding carboxylic acids is 2. The predicted octanol–water partition coefficient (Wildman–Crippen LogP) is 3.57. The van der Waals surface area contributed by atoms with E-state index in [0.29, 0.717) is 36.8 Å². The van der Waals surface area contributed by atoms with E-state index >= 15 is 0 Å². The minimum absolute atomic E-state index is 0.0681. The van der Waals surface area contributed by atoms with Crippen molar-refractivity contribution < 1.29 is 23.8 Å². The van der Waals surface area contributed by atoms with E-state index in [9.17, 15) is 9.59 Å². The molecule has 34 heavy (non-hydrogen) atoms. The van der Waals surface area contributed by atoms with Gasteiger partial charge in [0.1, 0.15) is 17.2 Å². The minimum atomic E-state index is -0.0681. The summed E-state index contributed by atoms with van der Waals surface area (Å²) in [5.41, 5.74) is 3.64. The number of hydrogen-bond acceptors (Lipinski definition) is 6. The molecular formula is C26H31N3O5. The molecule has 2 heterocycles. The van der Waals surface area contributed by atoms with Gasteiger partial charge in [-0.3, -0.25) is 14.5 Å². The monoisotopic (exact) mass is 465 g/mol. The third kappa shape index (κ3) is 5.17. The van der Waals surface area contributed by atoms with Gasteiger partial charge in [0.15, 0.2) is 0 Å². The average Bonchev–Trinajstić information content (AvgIpc) is 3.29. The number of methoxy groups -OCH3 is 3. The Balaban J connectivity index is 1.36. The highest BCUT2D eigenvalue weighted by molar-refractivity contribution is 5.96. The molecule has 2 aliphatic heterocycles. The summed E-state index contributed by atoms with van der Waals surface area (Å²) in [4.78, 5) is 28.4. The Morgan fingerprint density at radius 3 is 2.21 bits per heavy atom. The normalized spacial score (nSPS) is 16.3. The summed E-state index contributed by atoms with van der Waals surface area (Å²) in [6.07, 6.45) is 4.38. The summed E-state index contributed by atoms with van der Waals surface area (Å²) in [6.45, 7) is 2.45. The van der Waals surface area contributed by atoms with E-state index in [1.807, 2.05) is 36.4 Å². The number of amides is 2. The van der Waals surface area contributed by atoms with Crippen molar-refractivity contribution in [2.24, 2.45) is 0 Å². The van der Waals surface area contributed by atoms with Crippen molar-refractivity contribution >= 4 is 28.8 Å². The first kappa shape index (κ1) is 23.6. The topological polar surface area (TPSA) is 80.3 Å². The Bertz CT molecular complexity index is 1060. The van der Waals surface area contributed by atoms with Crippen LogP contribution in [0.4, 0.5) is 11.4 Å². The van der Waals surface area contributed by atoms with Crippen LogP contribution in [0.25, 0.3) is 5.57 Å². The molecule has 0 saturated carbocycles. The molecular weight excluding hydrogens is 434 g/mol. The van der Waals surface area contributed by atoms with Crippen molar-refractivity contribution in [1.82, 2.24) is 4.90 Å². The molecule has 1 fully saturated rings. The van der Waals surface area contributed by atoms with Gasteiger partial charge in [-0.25, -0.2) is 0 Å². The Morgan fingerprint density at radius 2 is 1.68 bits per heavy atom. The molecule has 0 spiro atoms. The fraction of sp³-hybridized carbons (Fsp3) is 0.385. The molecule has 2 amide bonds. The lowest BCUT2D eigenvalue weighted by Crippen LogP contribution is -2.36. The van der Waals surface area contributed by atoms with Crippen molar-refractivity contribution in [1.29, 1.82) is 0 Å². The van der Waals surface area contributed by atoms with Crippen molar-refractivity contribution in [2.75, 3.05) is 57.7 Å². The van der Waals surface area contributed by atoms with Crippen LogP contribution >= 0.6 is 0 Å². The van der Waals surface area contributed by atoms with Crippen LogP contribution in [0, 0.1) is 0 Å². The number of hydrogen-bond donors (Lipinski definition) is 1. The second-order valence-electron chi connectivity index (χ2n) is 8.37. The highest BCUT2D eigenvalue weighted by Crippen LogP contribution is 2.40. The van der Waals surface area contributed by atoms with E-state index in [1.54, 1.807) is 26.2 Å². The van der Waals surface area contributed by atoms with Gasteiger partial charge >= 0.3 is 0 Å². The van der Waals surface area contributed by atoms with Crippen molar-refractivity contribution in [2.45, 2.75) is 19.3 Å². The molecule has 0 aromatic heterocycles. The number of rotatable bonds is 8. The van der Waals surface area contributed by atoms with Crippen molar-refractivity contribution in [3.8, 4) is 17.2 Å². The Kier molecular flexibility index (Phi) is 7.37. The first-order valence-corrected chi connectivity index (χ1v) is 11.4. The molecule has 1 N–H and O–H groups in total. The zero-order chi connectivity index (χ0) is 24.1. The van der Waals surface area contributed by atoms with Crippen LogP contribution < -0.4 is 24.4 Å². The summed E-state index contributed by atoms with van der Waals surface area (Å²) in [7, 11) is 4.88. The lowest BCUT2D eigenvalue weighted by molar-refractivity contribution is -0.118. The molecule has 0 radical (unpaired) electrons. The van der Waals surface area contributed by atoms with E-state index in [0.717, 1.165) is 48.4 Å². The van der Waals surface area contributed by atoms with Gasteiger partial charge in [-0.15, -0.1) is 0 Å². The van der Waals surface area contributed by atoms with E-state index in [1.165, 1.54) is 0 Å². The van der Waals surface area contributed by atoms with Gasteiger partial charge in [0.2, 0.25) is 11.8 Å². The quantitative estimate of drug-likeness (QED) is 0.642. The maximum Gasteiger partial charge on any atom is 0.238 e. The zero-order valence-electron chi connectivity index (χ0n) is 19.9. The van der Waals surface area contributed by atoms with Crippen LogP contribution in [0.15, 0.2) is 42.5 Å². The summed E-state index contributed by atoms with van der Waals surface area (Å²) < 4.78 is 16.5. The molecule has 0 bridgehead atoms. The first-order valence-electron chi connectivity index (χ1n) is 11.4. The molecule has 2 aromatic rings. The molecule has 0 unspecified atom stereocenters. The zero-order valence-corrected chi connectivity index (χ0v) is 19.9. The van der Waals surface area contributed by atoms with Gasteiger partial charge in [-0.1, -0.05) is 6.08 Å². The molecule has 180 valence electrons. The first-order chi connectivity index (χ1) is 16.5. The van der Waals surface area contributed by atoms with Crippen LogP contribution in [-0.4, -0.2) is 64.2 Å². The average molecular weight is 466 g/mol. The summed E-state index contributed by atoms with van der Waals surface area (Å²) >= 11 is 0. The van der Waals surface area contributed by atoms with Crippen LogP contribution in [0.5, 0.6) is 17.2 Å². The van der Waals surface area contributed by atoms with Crippen LogP contribution in [0.1, 0.15) is 24.8 Å². The van der Waals surface area contributed by atoms with Gasteiger partial charge in [0.05, 0.1) is 33.4 Å². The van der Waals surface area contributed by atoms with Gasteiger partial charge in [-0.05, 0) is 42.7 Å². The molecule has 4 rings (SSSR count). The molecule has 8 heteroatoms. The Hall–Kier alpha value is -3.52. The Morgan fingerprint density at radius 1 is 0.971 bits per heavy atom. The van der Waals surface area contributed by atoms with Crippen LogP contribution in [0.2, 0.25) is 0 Å². The standard InChI is InChI=1S/C26H31N3O5/c1-32-21-15-22(33-2)26(23(16-21)34-3)18-10-13-28(14-11-18)17-24(30)27-19-6-8-20(9-7-19)29-12-4-5-25(29)31/h6-10,15-16H,4-5,11-14,17H2,1-3H3,(H,27,30). The summed E-state index contributed by atoms with van der Waals surface area (Å²) in [5.74, 6) is 2.16. The summed E-state index contributed by atoms with van der Waals surface area (Å²) in [5, 5.41) is 2.95. The summed E-state index contributed by atoms with van der Waals surface area (Å²) in [6, 6.07) is 11.1. The lowest BCUT2D eigenvalue weighted by Gasteiger charge is -2.27. The van der Waals surface area contributed by atoms with Crippen molar-refractivity contribution in [3.05, 3.63) is 48.0 Å². The smallest absolute Gasteiger partial charge is 0.238 e. The maximum absolute atomic E-state index is 12.6. The van der Waals surface area contributed by atoms with E-state index in [2.05, 4.69) is 16.3 Å². The molecule has 2 aromatic carbocycles.